The number of anilines is 3. The van der Waals surface area contributed by atoms with E-state index in [9.17, 15) is 4.79 Å². The van der Waals surface area contributed by atoms with Crippen molar-refractivity contribution in [1.29, 1.82) is 0 Å². The molecule has 2 saturated heterocycles. The van der Waals surface area contributed by atoms with E-state index >= 15 is 0 Å². The molecule has 2 fully saturated rings. The number of nitrogens with zero attached hydrogens (tertiary/aromatic N) is 3. The highest BCUT2D eigenvalue weighted by molar-refractivity contribution is 6.04. The molecule has 2 N–H and O–H groups in total. The zero-order valence-corrected chi connectivity index (χ0v) is 16.7. The molecule has 0 saturated carbocycles. The van der Waals surface area contributed by atoms with Gasteiger partial charge in [-0.05, 0) is 38.0 Å². The van der Waals surface area contributed by atoms with Gasteiger partial charge in [0.15, 0.2) is 0 Å². The van der Waals surface area contributed by atoms with Gasteiger partial charge in [0.05, 0.1) is 30.7 Å². The predicted molar refractivity (Wildman–Crippen MR) is 112 cm³/mol. The van der Waals surface area contributed by atoms with Gasteiger partial charge in [-0.2, -0.15) is 0 Å². The van der Waals surface area contributed by atoms with Crippen molar-refractivity contribution in [2.45, 2.75) is 25.9 Å². The second-order valence-electron chi connectivity index (χ2n) is 7.30. The lowest BCUT2D eigenvalue weighted by molar-refractivity contribution is 0.102. The number of benzene rings is 1. The lowest BCUT2D eigenvalue weighted by Gasteiger charge is -2.30. The molecule has 29 heavy (non-hydrogen) atoms. The monoisotopic (exact) mass is 397 g/mol. The number of hydrogen-bond donors (Lipinski definition) is 2. The SMILES string of the molecule is Cc1cc(C(=O)Nc2ccccc2N2CCOCC2)nc(NCC2CCCO2)n1. The Balaban J connectivity index is 1.47. The minimum absolute atomic E-state index is 0.178. The molecule has 3 heterocycles. The van der Waals surface area contributed by atoms with Gasteiger partial charge in [0.1, 0.15) is 5.69 Å². The largest absolute Gasteiger partial charge is 0.378 e. The van der Waals surface area contributed by atoms with Crippen LogP contribution in [0.2, 0.25) is 0 Å². The van der Waals surface area contributed by atoms with Gasteiger partial charge in [-0.15, -0.1) is 0 Å². The third kappa shape index (κ3) is 5.02. The maximum atomic E-state index is 12.9. The second kappa shape index (κ2) is 9.19. The second-order valence-corrected chi connectivity index (χ2v) is 7.30. The van der Waals surface area contributed by atoms with Crippen LogP contribution in [0.25, 0.3) is 0 Å². The number of carbonyl (C=O) groups excluding carboxylic acids is 1. The van der Waals surface area contributed by atoms with Crippen molar-refractivity contribution in [2.24, 2.45) is 0 Å². The quantitative estimate of drug-likeness (QED) is 0.774. The van der Waals surface area contributed by atoms with Crippen LogP contribution in [0.3, 0.4) is 0 Å². The Labute approximate surface area is 170 Å². The molecule has 4 rings (SSSR count). The van der Waals surface area contributed by atoms with Crippen LogP contribution in [0.5, 0.6) is 0 Å². The van der Waals surface area contributed by atoms with Gasteiger partial charge in [0.2, 0.25) is 5.95 Å². The third-order valence-electron chi connectivity index (χ3n) is 5.10. The molecule has 2 aliphatic rings. The van der Waals surface area contributed by atoms with Gasteiger partial charge in [-0.25, -0.2) is 9.97 Å². The fourth-order valence-electron chi connectivity index (χ4n) is 3.62. The Morgan fingerprint density at radius 2 is 2.03 bits per heavy atom. The summed E-state index contributed by atoms with van der Waals surface area (Å²) < 4.78 is 11.1. The van der Waals surface area contributed by atoms with E-state index in [4.69, 9.17) is 9.47 Å². The average molecular weight is 397 g/mol. The highest BCUT2D eigenvalue weighted by atomic mass is 16.5. The minimum atomic E-state index is -0.253. The van der Waals surface area contributed by atoms with E-state index < -0.39 is 0 Å². The van der Waals surface area contributed by atoms with Crippen molar-refractivity contribution in [2.75, 3.05) is 55.0 Å². The fraction of sp³-hybridized carbons (Fsp3) is 0.476. The molecule has 0 radical (unpaired) electrons. The maximum absolute atomic E-state index is 12.9. The average Bonchev–Trinajstić information content (AvgIpc) is 3.27. The van der Waals surface area contributed by atoms with Crippen molar-refractivity contribution >= 4 is 23.2 Å². The molecule has 0 aliphatic carbocycles. The van der Waals surface area contributed by atoms with Gasteiger partial charge < -0.3 is 25.0 Å². The Morgan fingerprint density at radius 1 is 1.21 bits per heavy atom. The number of carbonyl (C=O) groups is 1. The van der Waals surface area contributed by atoms with Crippen LogP contribution in [0, 0.1) is 6.92 Å². The summed E-state index contributed by atoms with van der Waals surface area (Å²) >= 11 is 0. The predicted octanol–water partition coefficient (Wildman–Crippen LogP) is 2.46. The molecule has 1 unspecified atom stereocenters. The Kier molecular flexibility index (Phi) is 6.21. The van der Waals surface area contributed by atoms with Gasteiger partial charge in [-0.3, -0.25) is 4.79 Å². The van der Waals surface area contributed by atoms with Crippen LogP contribution in [0.1, 0.15) is 29.0 Å². The topological polar surface area (TPSA) is 88.6 Å². The zero-order valence-electron chi connectivity index (χ0n) is 16.7. The number of hydrogen-bond acceptors (Lipinski definition) is 7. The summed E-state index contributed by atoms with van der Waals surface area (Å²) in [5, 5.41) is 6.21. The van der Waals surface area contributed by atoms with Crippen molar-refractivity contribution < 1.29 is 14.3 Å². The molecule has 154 valence electrons. The summed E-state index contributed by atoms with van der Waals surface area (Å²) in [6, 6.07) is 9.51. The molecule has 1 amide bonds. The molecular weight excluding hydrogens is 370 g/mol. The van der Waals surface area contributed by atoms with E-state index in [2.05, 4.69) is 25.5 Å². The molecule has 0 spiro atoms. The van der Waals surface area contributed by atoms with E-state index in [1.165, 1.54) is 0 Å². The molecule has 2 aliphatic heterocycles. The lowest BCUT2D eigenvalue weighted by Crippen LogP contribution is -2.36. The molecule has 8 heteroatoms. The van der Waals surface area contributed by atoms with Crippen LogP contribution < -0.4 is 15.5 Å². The molecule has 8 nitrogen and oxygen atoms in total. The number of para-hydroxylation sites is 2. The van der Waals surface area contributed by atoms with E-state index in [-0.39, 0.29) is 12.0 Å². The first-order chi connectivity index (χ1) is 14.2. The number of aromatic nitrogens is 2. The molecular formula is C21H27N5O3. The third-order valence-corrected chi connectivity index (χ3v) is 5.10. The first kappa shape index (κ1) is 19.6. The molecule has 2 aromatic rings. The highest BCUT2D eigenvalue weighted by Gasteiger charge is 2.19. The summed E-state index contributed by atoms with van der Waals surface area (Å²) in [5.41, 5.74) is 2.83. The van der Waals surface area contributed by atoms with Crippen LogP contribution >= 0.6 is 0 Å². The number of rotatable bonds is 6. The summed E-state index contributed by atoms with van der Waals surface area (Å²) in [6.45, 7) is 6.28. The number of morpholine rings is 1. The maximum Gasteiger partial charge on any atom is 0.274 e. The van der Waals surface area contributed by atoms with Crippen molar-refractivity contribution in [1.82, 2.24) is 9.97 Å². The van der Waals surface area contributed by atoms with Crippen LogP contribution in [0.4, 0.5) is 17.3 Å². The van der Waals surface area contributed by atoms with Crippen LogP contribution in [0.15, 0.2) is 30.3 Å². The smallest absolute Gasteiger partial charge is 0.274 e. The van der Waals surface area contributed by atoms with E-state index in [0.717, 1.165) is 49.6 Å². The zero-order chi connectivity index (χ0) is 20.1. The summed E-state index contributed by atoms with van der Waals surface area (Å²) in [5.74, 6) is 0.198. The first-order valence-electron chi connectivity index (χ1n) is 10.1. The van der Waals surface area contributed by atoms with Gasteiger partial charge >= 0.3 is 0 Å². The normalized spacial score (nSPS) is 19.2. The van der Waals surface area contributed by atoms with Gasteiger partial charge in [0, 0.05) is 31.9 Å². The minimum Gasteiger partial charge on any atom is -0.378 e. The molecule has 0 bridgehead atoms. The van der Waals surface area contributed by atoms with E-state index in [1.807, 2.05) is 31.2 Å². The summed E-state index contributed by atoms with van der Waals surface area (Å²) in [4.78, 5) is 23.9. The van der Waals surface area contributed by atoms with Crippen LogP contribution in [-0.2, 0) is 9.47 Å². The fourth-order valence-corrected chi connectivity index (χ4v) is 3.62. The molecule has 1 aromatic carbocycles. The Morgan fingerprint density at radius 3 is 2.83 bits per heavy atom. The van der Waals surface area contributed by atoms with E-state index in [1.54, 1.807) is 6.07 Å². The van der Waals surface area contributed by atoms with Crippen molar-refractivity contribution in [3.05, 3.63) is 41.7 Å². The number of amides is 1. The van der Waals surface area contributed by atoms with E-state index in [0.29, 0.717) is 31.4 Å². The number of aryl methyl sites for hydroxylation is 1. The van der Waals surface area contributed by atoms with Crippen LogP contribution in [-0.4, -0.2) is 61.4 Å². The number of nitrogens with one attached hydrogen (secondary N) is 2. The van der Waals surface area contributed by atoms with Crippen molar-refractivity contribution in [3.63, 3.8) is 0 Å². The summed E-state index contributed by atoms with van der Waals surface area (Å²) in [6.07, 6.45) is 2.29. The standard InChI is InChI=1S/C21H27N5O3/c1-15-13-18(25-21(23-15)22-14-16-5-4-10-29-16)20(27)24-17-6-2-3-7-19(17)26-8-11-28-12-9-26/h2-3,6-7,13,16H,4-5,8-12,14H2,1H3,(H,24,27)(H,22,23,25). The first-order valence-corrected chi connectivity index (χ1v) is 10.1. The van der Waals surface area contributed by atoms with Gasteiger partial charge in [0.25, 0.3) is 5.91 Å². The molecule has 1 atom stereocenters. The Hall–Kier alpha value is -2.71. The lowest BCUT2D eigenvalue weighted by atomic mass is 10.2. The van der Waals surface area contributed by atoms with Gasteiger partial charge in [-0.1, -0.05) is 12.1 Å². The molecule has 1 aromatic heterocycles. The van der Waals surface area contributed by atoms with Crippen molar-refractivity contribution in [3.8, 4) is 0 Å². The Bertz CT molecular complexity index is 848. The highest BCUT2D eigenvalue weighted by Crippen LogP contribution is 2.26. The number of ether oxygens (including phenoxy) is 2. The summed E-state index contributed by atoms with van der Waals surface area (Å²) in [7, 11) is 0.